The van der Waals surface area contributed by atoms with Gasteiger partial charge in [0.15, 0.2) is 0 Å². The molecule has 0 aliphatic carbocycles. The molecule has 0 atom stereocenters. The maximum Gasteiger partial charge on any atom is 0.337 e. The summed E-state index contributed by atoms with van der Waals surface area (Å²) in [5, 5.41) is 11.5. The maximum atomic E-state index is 11.1. The fraction of sp³-hybridized carbons (Fsp3) is 0.200. The van der Waals surface area contributed by atoms with Gasteiger partial charge in [-0.1, -0.05) is 0 Å². The maximum absolute atomic E-state index is 11.1. The molecule has 78 valence electrons. The Balaban J connectivity index is 2.59. The van der Waals surface area contributed by atoms with Crippen LogP contribution in [0.25, 0.3) is 0 Å². The summed E-state index contributed by atoms with van der Waals surface area (Å²) in [4.78, 5) is 22.1. The fourth-order valence-corrected chi connectivity index (χ4v) is 1.60. The van der Waals surface area contributed by atoms with Gasteiger partial charge in [0.1, 0.15) is 5.75 Å². The zero-order chi connectivity index (χ0) is 11.0. The predicted molar refractivity (Wildman–Crippen MR) is 52.3 cm³/mol. The van der Waals surface area contributed by atoms with Gasteiger partial charge in [-0.25, -0.2) is 4.79 Å². The Morgan fingerprint density at radius 2 is 2.27 bits per heavy atom. The number of anilines is 1. The molecule has 1 heterocycles. The third kappa shape index (κ3) is 1.52. The summed E-state index contributed by atoms with van der Waals surface area (Å²) in [6, 6.07) is 3.06. The number of methoxy groups -OCH3 is 1. The molecule has 0 saturated carbocycles. The summed E-state index contributed by atoms with van der Waals surface area (Å²) in [5.74, 6) is -0.823. The summed E-state index contributed by atoms with van der Waals surface area (Å²) in [7, 11) is 1.46. The molecule has 5 nitrogen and oxygen atoms in total. The van der Waals surface area contributed by atoms with Crippen molar-refractivity contribution in [1.29, 1.82) is 0 Å². The number of fused-ring (bicyclic) bond motifs is 1. The summed E-state index contributed by atoms with van der Waals surface area (Å²) < 4.78 is 4.96. The lowest BCUT2D eigenvalue weighted by atomic mass is 10.1. The minimum absolute atomic E-state index is 0.0650. The number of carboxylic acids is 1. The molecule has 0 bridgehead atoms. The van der Waals surface area contributed by atoms with Crippen LogP contribution < -0.4 is 10.1 Å². The molecule has 1 aliphatic rings. The highest BCUT2D eigenvalue weighted by atomic mass is 16.5. The van der Waals surface area contributed by atoms with Crippen LogP contribution in [0, 0.1) is 0 Å². The number of carboxylic acid groups (broad SMARTS) is 1. The zero-order valence-corrected chi connectivity index (χ0v) is 8.03. The van der Waals surface area contributed by atoms with E-state index >= 15 is 0 Å². The van der Waals surface area contributed by atoms with Crippen molar-refractivity contribution in [2.24, 2.45) is 0 Å². The van der Waals surface area contributed by atoms with E-state index in [0.717, 1.165) is 0 Å². The van der Waals surface area contributed by atoms with Crippen molar-refractivity contribution in [3.8, 4) is 5.75 Å². The number of ether oxygens (including phenoxy) is 1. The van der Waals surface area contributed by atoms with Crippen molar-refractivity contribution in [2.75, 3.05) is 12.4 Å². The quantitative estimate of drug-likeness (QED) is 0.755. The van der Waals surface area contributed by atoms with Crippen LogP contribution >= 0.6 is 0 Å². The number of hydrogen-bond donors (Lipinski definition) is 2. The van der Waals surface area contributed by atoms with Gasteiger partial charge < -0.3 is 15.2 Å². The Hall–Kier alpha value is -2.04. The van der Waals surface area contributed by atoms with Crippen LogP contribution in [-0.2, 0) is 11.2 Å². The minimum atomic E-state index is -1.08. The Bertz CT molecular complexity index is 453. The molecule has 2 rings (SSSR count). The normalized spacial score (nSPS) is 13.3. The van der Waals surface area contributed by atoms with E-state index in [4.69, 9.17) is 9.84 Å². The molecule has 1 aliphatic heterocycles. The number of benzene rings is 1. The first-order valence-electron chi connectivity index (χ1n) is 4.36. The number of carbonyl (C=O) groups excluding carboxylic acids is 1. The largest absolute Gasteiger partial charge is 0.497 e. The van der Waals surface area contributed by atoms with Crippen molar-refractivity contribution in [1.82, 2.24) is 0 Å². The highest BCUT2D eigenvalue weighted by Gasteiger charge is 2.24. The van der Waals surface area contributed by atoms with Crippen molar-refractivity contribution in [3.05, 3.63) is 23.3 Å². The molecule has 0 fully saturated rings. The Kier molecular flexibility index (Phi) is 2.07. The van der Waals surface area contributed by atoms with Gasteiger partial charge in [-0.3, -0.25) is 4.79 Å². The number of amides is 1. The lowest BCUT2D eigenvalue weighted by Gasteiger charge is -2.06. The Labute approximate surface area is 85.7 Å². The summed E-state index contributed by atoms with van der Waals surface area (Å²) in [6.45, 7) is 0. The molecule has 0 unspecified atom stereocenters. The second-order valence-electron chi connectivity index (χ2n) is 3.24. The van der Waals surface area contributed by atoms with Crippen LogP contribution in [0.1, 0.15) is 15.9 Å². The minimum Gasteiger partial charge on any atom is -0.497 e. The third-order valence-corrected chi connectivity index (χ3v) is 2.28. The first-order chi connectivity index (χ1) is 7.11. The smallest absolute Gasteiger partial charge is 0.337 e. The highest BCUT2D eigenvalue weighted by molar-refractivity contribution is 6.07. The van der Waals surface area contributed by atoms with Gasteiger partial charge >= 0.3 is 5.97 Å². The van der Waals surface area contributed by atoms with E-state index in [0.29, 0.717) is 17.0 Å². The summed E-state index contributed by atoms with van der Waals surface area (Å²) in [5.41, 5.74) is 1.11. The average Bonchev–Trinajstić information content (AvgIpc) is 2.55. The number of hydrogen-bond acceptors (Lipinski definition) is 3. The molecule has 5 heteroatoms. The summed E-state index contributed by atoms with van der Waals surface area (Å²) >= 11 is 0. The van der Waals surface area contributed by atoms with Crippen LogP contribution in [-0.4, -0.2) is 24.1 Å². The number of aromatic carboxylic acids is 1. The molecular formula is C10H9NO4. The third-order valence-electron chi connectivity index (χ3n) is 2.28. The highest BCUT2D eigenvalue weighted by Crippen LogP contribution is 2.31. The standard InChI is InChI=1S/C10H9NO4/c1-15-6-2-5-3-8(12)11-9(5)7(4-6)10(13)14/h2,4H,3H2,1H3,(H,11,12)(H,13,14). The van der Waals surface area contributed by atoms with Gasteiger partial charge in [-0.05, 0) is 17.7 Å². The Morgan fingerprint density at radius 1 is 1.53 bits per heavy atom. The van der Waals surface area contributed by atoms with E-state index < -0.39 is 5.97 Å². The van der Waals surface area contributed by atoms with Crippen LogP contribution in [0.5, 0.6) is 5.75 Å². The molecule has 1 aromatic carbocycles. The first-order valence-corrected chi connectivity index (χ1v) is 4.36. The number of rotatable bonds is 2. The van der Waals surface area contributed by atoms with Gasteiger partial charge in [-0.2, -0.15) is 0 Å². The van der Waals surface area contributed by atoms with E-state index in [-0.39, 0.29) is 17.9 Å². The average molecular weight is 207 g/mol. The van der Waals surface area contributed by atoms with Crippen molar-refractivity contribution >= 4 is 17.6 Å². The molecular weight excluding hydrogens is 198 g/mol. The Morgan fingerprint density at radius 3 is 2.87 bits per heavy atom. The van der Waals surface area contributed by atoms with Gasteiger partial charge in [0, 0.05) is 0 Å². The number of carbonyl (C=O) groups is 2. The summed E-state index contributed by atoms with van der Waals surface area (Å²) in [6.07, 6.45) is 0.201. The molecule has 0 aromatic heterocycles. The van der Waals surface area contributed by atoms with Crippen molar-refractivity contribution in [3.63, 3.8) is 0 Å². The molecule has 0 saturated heterocycles. The molecule has 15 heavy (non-hydrogen) atoms. The predicted octanol–water partition coefficient (Wildman–Crippen LogP) is 0.888. The van der Waals surface area contributed by atoms with Gasteiger partial charge in [-0.15, -0.1) is 0 Å². The van der Waals surface area contributed by atoms with Crippen LogP contribution in [0.15, 0.2) is 12.1 Å². The van der Waals surface area contributed by atoms with E-state index in [2.05, 4.69) is 5.32 Å². The van der Waals surface area contributed by atoms with Crippen molar-refractivity contribution in [2.45, 2.75) is 6.42 Å². The fourth-order valence-electron chi connectivity index (χ4n) is 1.60. The molecule has 0 spiro atoms. The second kappa shape index (κ2) is 3.27. The van der Waals surface area contributed by atoms with Crippen LogP contribution in [0.3, 0.4) is 0 Å². The molecule has 1 aromatic rings. The SMILES string of the molecule is COc1cc2c(c(C(=O)O)c1)NC(=O)C2. The van der Waals surface area contributed by atoms with E-state index in [1.54, 1.807) is 6.07 Å². The lowest BCUT2D eigenvalue weighted by Crippen LogP contribution is -2.07. The van der Waals surface area contributed by atoms with Gasteiger partial charge in [0.05, 0.1) is 24.8 Å². The molecule has 2 N–H and O–H groups in total. The number of nitrogens with one attached hydrogen (secondary N) is 1. The zero-order valence-electron chi connectivity index (χ0n) is 8.03. The lowest BCUT2D eigenvalue weighted by molar-refractivity contribution is -0.115. The van der Waals surface area contributed by atoms with E-state index in [1.165, 1.54) is 13.2 Å². The van der Waals surface area contributed by atoms with Gasteiger partial charge in [0.2, 0.25) is 5.91 Å². The van der Waals surface area contributed by atoms with E-state index in [9.17, 15) is 9.59 Å². The van der Waals surface area contributed by atoms with E-state index in [1.807, 2.05) is 0 Å². The van der Waals surface area contributed by atoms with Gasteiger partial charge in [0.25, 0.3) is 0 Å². The topological polar surface area (TPSA) is 75.6 Å². The molecule has 1 amide bonds. The van der Waals surface area contributed by atoms with Crippen LogP contribution in [0.2, 0.25) is 0 Å². The van der Waals surface area contributed by atoms with Crippen LogP contribution in [0.4, 0.5) is 5.69 Å². The molecule has 0 radical (unpaired) electrons. The monoisotopic (exact) mass is 207 g/mol. The van der Waals surface area contributed by atoms with Crippen molar-refractivity contribution < 1.29 is 19.4 Å². The second-order valence-corrected chi connectivity index (χ2v) is 3.24. The first kappa shape index (κ1) is 9.51.